The molecular formula is C15H19N3OS. The van der Waals surface area contributed by atoms with Gasteiger partial charge in [-0.2, -0.15) is 0 Å². The second-order valence-electron chi connectivity index (χ2n) is 4.68. The number of nitrogens with one attached hydrogen (secondary N) is 1. The SMILES string of the molecule is CN(CCc1ccccc1)CC(=O)NCc1nccs1. The smallest absolute Gasteiger partial charge is 0.234 e. The molecule has 106 valence electrons. The summed E-state index contributed by atoms with van der Waals surface area (Å²) >= 11 is 1.55. The van der Waals surface area contributed by atoms with Gasteiger partial charge in [-0.15, -0.1) is 11.3 Å². The van der Waals surface area contributed by atoms with Crippen molar-refractivity contribution >= 4 is 17.2 Å². The minimum atomic E-state index is 0.0377. The summed E-state index contributed by atoms with van der Waals surface area (Å²) in [6, 6.07) is 10.3. The van der Waals surface area contributed by atoms with Crippen molar-refractivity contribution in [1.82, 2.24) is 15.2 Å². The molecule has 0 saturated heterocycles. The van der Waals surface area contributed by atoms with E-state index in [1.165, 1.54) is 5.56 Å². The minimum absolute atomic E-state index is 0.0377. The molecule has 2 rings (SSSR count). The Kier molecular flexibility index (Phi) is 5.70. The molecule has 5 heteroatoms. The third kappa shape index (κ3) is 5.11. The van der Waals surface area contributed by atoms with Gasteiger partial charge in [0.05, 0.1) is 13.1 Å². The van der Waals surface area contributed by atoms with Crippen LogP contribution in [0.2, 0.25) is 0 Å². The lowest BCUT2D eigenvalue weighted by Gasteiger charge is -2.15. The third-order valence-electron chi connectivity index (χ3n) is 2.96. The molecule has 1 N–H and O–H groups in total. The molecule has 0 spiro atoms. The quantitative estimate of drug-likeness (QED) is 0.847. The molecule has 1 amide bonds. The number of amides is 1. The first-order valence-corrected chi connectivity index (χ1v) is 7.49. The van der Waals surface area contributed by atoms with E-state index in [2.05, 4.69) is 22.4 Å². The van der Waals surface area contributed by atoms with Gasteiger partial charge in [0.25, 0.3) is 0 Å². The van der Waals surface area contributed by atoms with Gasteiger partial charge in [0.15, 0.2) is 0 Å². The Morgan fingerprint density at radius 3 is 2.85 bits per heavy atom. The van der Waals surface area contributed by atoms with Crippen molar-refractivity contribution < 1.29 is 4.79 Å². The fourth-order valence-electron chi connectivity index (χ4n) is 1.86. The van der Waals surface area contributed by atoms with Crippen LogP contribution in [0.15, 0.2) is 41.9 Å². The molecule has 0 unspecified atom stereocenters. The number of nitrogens with zero attached hydrogens (tertiary/aromatic N) is 2. The van der Waals surface area contributed by atoms with E-state index in [4.69, 9.17) is 0 Å². The van der Waals surface area contributed by atoms with Crippen molar-refractivity contribution in [3.8, 4) is 0 Å². The topological polar surface area (TPSA) is 45.2 Å². The fourth-order valence-corrected chi connectivity index (χ4v) is 2.42. The Balaban J connectivity index is 1.66. The number of aromatic nitrogens is 1. The molecule has 1 aromatic carbocycles. The van der Waals surface area contributed by atoms with Gasteiger partial charge in [0, 0.05) is 18.1 Å². The number of hydrogen-bond acceptors (Lipinski definition) is 4. The summed E-state index contributed by atoms with van der Waals surface area (Å²) in [5.74, 6) is 0.0377. The predicted octanol–water partition coefficient (Wildman–Crippen LogP) is 1.93. The van der Waals surface area contributed by atoms with Gasteiger partial charge < -0.3 is 5.32 Å². The van der Waals surface area contributed by atoms with Crippen LogP contribution in [0.25, 0.3) is 0 Å². The summed E-state index contributed by atoms with van der Waals surface area (Å²) in [5.41, 5.74) is 1.29. The molecule has 0 radical (unpaired) electrons. The van der Waals surface area contributed by atoms with Crippen molar-refractivity contribution in [2.45, 2.75) is 13.0 Å². The number of benzene rings is 1. The molecule has 0 bridgehead atoms. The van der Waals surface area contributed by atoms with Crippen molar-refractivity contribution in [1.29, 1.82) is 0 Å². The zero-order valence-corrected chi connectivity index (χ0v) is 12.4. The van der Waals surface area contributed by atoms with Gasteiger partial charge in [0.1, 0.15) is 5.01 Å². The number of carbonyl (C=O) groups excluding carboxylic acids is 1. The van der Waals surface area contributed by atoms with Crippen LogP contribution >= 0.6 is 11.3 Å². The number of carbonyl (C=O) groups is 1. The lowest BCUT2D eigenvalue weighted by Crippen LogP contribution is -2.35. The number of hydrogen-bond donors (Lipinski definition) is 1. The summed E-state index contributed by atoms with van der Waals surface area (Å²) in [6.07, 6.45) is 2.70. The average molecular weight is 289 g/mol. The second-order valence-corrected chi connectivity index (χ2v) is 5.66. The Bertz CT molecular complexity index is 513. The molecule has 1 heterocycles. The molecule has 0 aliphatic rings. The van der Waals surface area contributed by atoms with Crippen LogP contribution in [0.3, 0.4) is 0 Å². The van der Waals surface area contributed by atoms with Crippen LogP contribution in [-0.4, -0.2) is 35.9 Å². The molecule has 0 atom stereocenters. The van der Waals surface area contributed by atoms with Crippen molar-refractivity contribution in [2.75, 3.05) is 20.1 Å². The number of thiazole rings is 1. The standard InChI is InChI=1S/C15H19N3OS/c1-18(9-7-13-5-3-2-4-6-13)12-14(19)17-11-15-16-8-10-20-15/h2-6,8,10H,7,9,11-12H2,1H3,(H,17,19). The van der Waals surface area contributed by atoms with E-state index in [0.29, 0.717) is 13.1 Å². The second kappa shape index (κ2) is 7.77. The molecule has 4 nitrogen and oxygen atoms in total. The first-order chi connectivity index (χ1) is 9.74. The Morgan fingerprint density at radius 1 is 1.35 bits per heavy atom. The largest absolute Gasteiger partial charge is 0.348 e. The van der Waals surface area contributed by atoms with Gasteiger partial charge in [-0.25, -0.2) is 4.98 Å². The average Bonchev–Trinajstić information content (AvgIpc) is 2.97. The fraction of sp³-hybridized carbons (Fsp3) is 0.333. The van der Waals surface area contributed by atoms with Crippen LogP contribution < -0.4 is 5.32 Å². The lowest BCUT2D eigenvalue weighted by molar-refractivity contribution is -0.122. The minimum Gasteiger partial charge on any atom is -0.348 e. The van der Waals surface area contributed by atoms with Crippen LogP contribution in [0.4, 0.5) is 0 Å². The van der Waals surface area contributed by atoms with E-state index < -0.39 is 0 Å². The highest BCUT2D eigenvalue weighted by Crippen LogP contribution is 2.03. The molecule has 0 aliphatic heterocycles. The van der Waals surface area contributed by atoms with E-state index in [1.54, 1.807) is 17.5 Å². The molecular weight excluding hydrogens is 270 g/mol. The first kappa shape index (κ1) is 14.7. The summed E-state index contributed by atoms with van der Waals surface area (Å²) in [5, 5.41) is 5.73. The van der Waals surface area contributed by atoms with Crippen LogP contribution in [0, 0.1) is 0 Å². The monoisotopic (exact) mass is 289 g/mol. The normalized spacial score (nSPS) is 10.7. The van der Waals surface area contributed by atoms with Gasteiger partial charge in [-0.05, 0) is 19.0 Å². The molecule has 2 aromatic rings. The lowest BCUT2D eigenvalue weighted by atomic mass is 10.1. The van der Waals surface area contributed by atoms with Gasteiger partial charge >= 0.3 is 0 Å². The van der Waals surface area contributed by atoms with E-state index in [0.717, 1.165) is 18.0 Å². The van der Waals surface area contributed by atoms with Crippen LogP contribution in [-0.2, 0) is 17.8 Å². The predicted molar refractivity (Wildman–Crippen MR) is 81.6 cm³/mol. The van der Waals surface area contributed by atoms with E-state index in [1.807, 2.05) is 35.5 Å². The van der Waals surface area contributed by atoms with E-state index in [9.17, 15) is 4.79 Å². The third-order valence-corrected chi connectivity index (χ3v) is 3.74. The highest BCUT2D eigenvalue weighted by Gasteiger charge is 2.07. The van der Waals surface area contributed by atoms with Crippen molar-refractivity contribution in [3.63, 3.8) is 0 Å². The maximum Gasteiger partial charge on any atom is 0.234 e. The molecule has 0 aliphatic carbocycles. The summed E-state index contributed by atoms with van der Waals surface area (Å²) in [6.45, 7) is 1.80. The molecule has 0 saturated carbocycles. The number of rotatable bonds is 7. The first-order valence-electron chi connectivity index (χ1n) is 6.61. The van der Waals surface area contributed by atoms with Gasteiger partial charge in [0.2, 0.25) is 5.91 Å². The van der Waals surface area contributed by atoms with E-state index in [-0.39, 0.29) is 5.91 Å². The molecule has 20 heavy (non-hydrogen) atoms. The highest BCUT2D eigenvalue weighted by molar-refractivity contribution is 7.09. The van der Waals surface area contributed by atoms with E-state index >= 15 is 0 Å². The summed E-state index contributed by atoms with van der Waals surface area (Å²) in [7, 11) is 1.96. The van der Waals surface area contributed by atoms with Crippen LogP contribution in [0.5, 0.6) is 0 Å². The maximum atomic E-state index is 11.8. The molecule has 1 aromatic heterocycles. The zero-order chi connectivity index (χ0) is 14.2. The zero-order valence-electron chi connectivity index (χ0n) is 11.6. The summed E-state index contributed by atoms with van der Waals surface area (Å²) < 4.78 is 0. The highest BCUT2D eigenvalue weighted by atomic mass is 32.1. The van der Waals surface area contributed by atoms with Crippen molar-refractivity contribution in [2.24, 2.45) is 0 Å². The van der Waals surface area contributed by atoms with Crippen molar-refractivity contribution in [3.05, 3.63) is 52.5 Å². The Morgan fingerprint density at radius 2 is 2.15 bits per heavy atom. The Labute approximate surface area is 123 Å². The van der Waals surface area contributed by atoms with Crippen LogP contribution in [0.1, 0.15) is 10.6 Å². The maximum absolute atomic E-state index is 11.8. The van der Waals surface area contributed by atoms with Gasteiger partial charge in [-0.3, -0.25) is 9.69 Å². The van der Waals surface area contributed by atoms with Gasteiger partial charge in [-0.1, -0.05) is 30.3 Å². The number of likely N-dealkylation sites (N-methyl/N-ethyl adjacent to an activating group) is 1. The molecule has 0 fully saturated rings. The summed E-state index contributed by atoms with van der Waals surface area (Å²) in [4.78, 5) is 17.9. The Hall–Kier alpha value is -1.72.